The van der Waals surface area contributed by atoms with Gasteiger partial charge in [-0.2, -0.15) is 0 Å². The van der Waals surface area contributed by atoms with Crippen LogP contribution in [-0.2, 0) is 6.42 Å². The molecular formula is C11H14Cl2O. The van der Waals surface area contributed by atoms with Gasteiger partial charge in [0.15, 0.2) is 0 Å². The first-order valence-electron chi connectivity index (χ1n) is 4.68. The van der Waals surface area contributed by atoms with Crippen molar-refractivity contribution in [2.75, 3.05) is 6.61 Å². The molecule has 1 unspecified atom stereocenters. The number of hydrogen-bond donors (Lipinski definition) is 1. The van der Waals surface area contributed by atoms with E-state index in [1.807, 2.05) is 18.2 Å². The van der Waals surface area contributed by atoms with Crippen LogP contribution < -0.4 is 0 Å². The Labute approximate surface area is 94.7 Å². The lowest BCUT2D eigenvalue weighted by atomic mass is 9.99. The molecule has 0 heterocycles. The zero-order valence-electron chi connectivity index (χ0n) is 8.13. The standard InChI is InChI=1S/C11H14Cl2O/c1-8(4-5-14)6-9-2-3-10(12)11(13)7-9/h2-3,7-8,14H,4-6H2,1H3. The molecule has 0 aliphatic rings. The quantitative estimate of drug-likeness (QED) is 0.843. The Morgan fingerprint density at radius 2 is 2.00 bits per heavy atom. The van der Waals surface area contributed by atoms with Crippen molar-refractivity contribution < 1.29 is 5.11 Å². The van der Waals surface area contributed by atoms with Crippen LogP contribution in [0, 0.1) is 5.92 Å². The van der Waals surface area contributed by atoms with E-state index in [4.69, 9.17) is 28.3 Å². The van der Waals surface area contributed by atoms with Crippen LogP contribution in [0.2, 0.25) is 10.0 Å². The van der Waals surface area contributed by atoms with Gasteiger partial charge in [0.1, 0.15) is 0 Å². The molecule has 78 valence electrons. The number of hydrogen-bond acceptors (Lipinski definition) is 1. The van der Waals surface area contributed by atoms with Gasteiger partial charge in [0.25, 0.3) is 0 Å². The molecule has 0 aromatic heterocycles. The van der Waals surface area contributed by atoms with Gasteiger partial charge in [-0.05, 0) is 36.5 Å². The van der Waals surface area contributed by atoms with Gasteiger partial charge in [-0.3, -0.25) is 0 Å². The Balaban J connectivity index is 2.63. The smallest absolute Gasteiger partial charge is 0.0595 e. The molecule has 1 aromatic carbocycles. The molecule has 14 heavy (non-hydrogen) atoms. The minimum atomic E-state index is 0.239. The van der Waals surface area contributed by atoms with E-state index >= 15 is 0 Å². The van der Waals surface area contributed by atoms with Crippen LogP contribution >= 0.6 is 23.2 Å². The van der Waals surface area contributed by atoms with Gasteiger partial charge in [-0.15, -0.1) is 0 Å². The molecule has 1 rings (SSSR count). The average Bonchev–Trinajstić information content (AvgIpc) is 2.12. The fourth-order valence-corrected chi connectivity index (χ4v) is 1.71. The van der Waals surface area contributed by atoms with Gasteiger partial charge in [-0.1, -0.05) is 36.2 Å². The summed E-state index contributed by atoms with van der Waals surface area (Å²) in [5.41, 5.74) is 1.17. The Morgan fingerprint density at radius 1 is 1.29 bits per heavy atom. The predicted octanol–water partition coefficient (Wildman–Crippen LogP) is 3.55. The molecule has 0 spiro atoms. The van der Waals surface area contributed by atoms with E-state index in [1.165, 1.54) is 5.56 Å². The summed E-state index contributed by atoms with van der Waals surface area (Å²) >= 11 is 11.7. The van der Waals surface area contributed by atoms with Gasteiger partial charge < -0.3 is 5.11 Å². The topological polar surface area (TPSA) is 20.2 Å². The number of aliphatic hydroxyl groups excluding tert-OH is 1. The van der Waals surface area contributed by atoms with E-state index in [-0.39, 0.29) is 6.61 Å². The molecule has 1 N–H and O–H groups in total. The SMILES string of the molecule is CC(CCO)Cc1ccc(Cl)c(Cl)c1. The average molecular weight is 233 g/mol. The summed E-state index contributed by atoms with van der Waals surface area (Å²) < 4.78 is 0. The Hall–Kier alpha value is -0.240. The first-order chi connectivity index (χ1) is 6.63. The van der Waals surface area contributed by atoms with Crippen molar-refractivity contribution in [2.24, 2.45) is 5.92 Å². The van der Waals surface area contributed by atoms with Gasteiger partial charge in [0.05, 0.1) is 10.0 Å². The van der Waals surface area contributed by atoms with Gasteiger partial charge in [-0.25, -0.2) is 0 Å². The monoisotopic (exact) mass is 232 g/mol. The molecule has 0 bridgehead atoms. The Bertz CT molecular complexity index is 299. The van der Waals surface area contributed by atoms with E-state index in [9.17, 15) is 0 Å². The van der Waals surface area contributed by atoms with Crippen molar-refractivity contribution in [1.29, 1.82) is 0 Å². The molecule has 3 heteroatoms. The summed E-state index contributed by atoms with van der Waals surface area (Å²) in [6, 6.07) is 5.67. The zero-order valence-corrected chi connectivity index (χ0v) is 9.65. The second-order valence-electron chi connectivity index (χ2n) is 3.57. The van der Waals surface area contributed by atoms with Crippen LogP contribution in [-0.4, -0.2) is 11.7 Å². The lowest BCUT2D eigenvalue weighted by Gasteiger charge is -2.09. The van der Waals surface area contributed by atoms with Crippen molar-refractivity contribution in [3.63, 3.8) is 0 Å². The van der Waals surface area contributed by atoms with Crippen LogP contribution in [0.5, 0.6) is 0 Å². The molecule has 0 fully saturated rings. The van der Waals surface area contributed by atoms with Crippen molar-refractivity contribution >= 4 is 23.2 Å². The molecule has 0 amide bonds. The Kier molecular flexibility index (Phi) is 4.73. The van der Waals surface area contributed by atoms with Crippen LogP contribution in [0.1, 0.15) is 18.9 Å². The van der Waals surface area contributed by atoms with Crippen LogP contribution in [0.25, 0.3) is 0 Å². The summed E-state index contributed by atoms with van der Waals surface area (Å²) in [7, 11) is 0. The van der Waals surface area contributed by atoms with Crippen molar-refractivity contribution in [2.45, 2.75) is 19.8 Å². The van der Waals surface area contributed by atoms with E-state index in [0.29, 0.717) is 16.0 Å². The van der Waals surface area contributed by atoms with Crippen LogP contribution in [0.3, 0.4) is 0 Å². The number of halogens is 2. The number of benzene rings is 1. The van der Waals surface area contributed by atoms with E-state index < -0.39 is 0 Å². The number of rotatable bonds is 4. The molecule has 0 aliphatic heterocycles. The van der Waals surface area contributed by atoms with E-state index in [1.54, 1.807) is 0 Å². The molecule has 1 aromatic rings. The molecule has 0 saturated carbocycles. The highest BCUT2D eigenvalue weighted by Gasteiger charge is 2.04. The minimum absolute atomic E-state index is 0.239. The second-order valence-corrected chi connectivity index (χ2v) is 4.38. The third-order valence-electron chi connectivity index (χ3n) is 2.19. The maximum atomic E-state index is 8.77. The van der Waals surface area contributed by atoms with Gasteiger partial charge in [0, 0.05) is 6.61 Å². The third kappa shape index (κ3) is 3.49. The molecule has 1 atom stereocenters. The number of aliphatic hydroxyl groups is 1. The molecule has 0 radical (unpaired) electrons. The molecule has 0 aliphatic carbocycles. The van der Waals surface area contributed by atoms with Crippen LogP contribution in [0.15, 0.2) is 18.2 Å². The maximum absolute atomic E-state index is 8.77. The first kappa shape index (κ1) is 11.8. The van der Waals surface area contributed by atoms with Crippen molar-refractivity contribution in [1.82, 2.24) is 0 Å². The predicted molar refractivity (Wildman–Crippen MR) is 61.0 cm³/mol. The highest BCUT2D eigenvalue weighted by molar-refractivity contribution is 6.42. The second kappa shape index (κ2) is 5.59. The zero-order chi connectivity index (χ0) is 10.6. The highest BCUT2D eigenvalue weighted by atomic mass is 35.5. The lowest BCUT2D eigenvalue weighted by Crippen LogP contribution is -2.02. The molecular weight excluding hydrogens is 219 g/mol. The normalized spacial score (nSPS) is 12.9. The highest BCUT2D eigenvalue weighted by Crippen LogP contribution is 2.24. The van der Waals surface area contributed by atoms with Gasteiger partial charge in [0.2, 0.25) is 0 Å². The minimum Gasteiger partial charge on any atom is -0.396 e. The summed E-state index contributed by atoms with van der Waals surface area (Å²) in [5, 5.41) is 9.95. The third-order valence-corrected chi connectivity index (χ3v) is 2.93. The largest absolute Gasteiger partial charge is 0.396 e. The molecule has 1 nitrogen and oxygen atoms in total. The summed E-state index contributed by atoms with van der Waals surface area (Å²) in [6.45, 7) is 2.35. The van der Waals surface area contributed by atoms with Crippen molar-refractivity contribution in [3.8, 4) is 0 Å². The Morgan fingerprint density at radius 3 is 2.57 bits per heavy atom. The lowest BCUT2D eigenvalue weighted by molar-refractivity contribution is 0.262. The maximum Gasteiger partial charge on any atom is 0.0595 e. The van der Waals surface area contributed by atoms with E-state index in [0.717, 1.165) is 12.8 Å². The summed E-state index contributed by atoms with van der Waals surface area (Å²) in [6.07, 6.45) is 1.75. The summed E-state index contributed by atoms with van der Waals surface area (Å²) in [4.78, 5) is 0. The van der Waals surface area contributed by atoms with E-state index in [2.05, 4.69) is 6.92 Å². The van der Waals surface area contributed by atoms with Gasteiger partial charge >= 0.3 is 0 Å². The summed E-state index contributed by atoms with van der Waals surface area (Å²) in [5.74, 6) is 0.470. The van der Waals surface area contributed by atoms with Crippen LogP contribution in [0.4, 0.5) is 0 Å². The fraction of sp³-hybridized carbons (Fsp3) is 0.455. The first-order valence-corrected chi connectivity index (χ1v) is 5.44. The fourth-order valence-electron chi connectivity index (χ4n) is 1.39. The molecule has 0 saturated heterocycles. The van der Waals surface area contributed by atoms with Crippen molar-refractivity contribution in [3.05, 3.63) is 33.8 Å².